The fourth-order valence-electron chi connectivity index (χ4n) is 3.56. The molecule has 2 N–H and O–H groups in total. The van der Waals surface area contributed by atoms with Crippen LogP contribution in [0.5, 0.6) is 0 Å². The molecule has 2 aliphatic heterocycles. The van der Waals surface area contributed by atoms with E-state index in [-0.39, 0.29) is 43.0 Å². The van der Waals surface area contributed by atoms with Crippen molar-refractivity contribution in [3.63, 3.8) is 0 Å². The number of benzene rings is 1. The number of carbonyl (C=O) groups excluding carboxylic acids is 3. The van der Waals surface area contributed by atoms with Crippen molar-refractivity contribution in [2.75, 3.05) is 23.3 Å². The monoisotopic (exact) mass is 379 g/mol. The maximum atomic E-state index is 12.2. The van der Waals surface area contributed by atoms with E-state index >= 15 is 0 Å². The van der Waals surface area contributed by atoms with E-state index in [4.69, 9.17) is 0 Å². The Morgan fingerprint density at radius 2 is 1.85 bits per heavy atom. The number of hydrogen-bond acceptors (Lipinski definition) is 4. The van der Waals surface area contributed by atoms with Crippen molar-refractivity contribution in [3.05, 3.63) is 23.8 Å². The number of anilines is 2. The van der Waals surface area contributed by atoms with Gasteiger partial charge in [0.15, 0.2) is 0 Å². The SMILES string of the molecule is Cc1cc(NC(=O)CCC2CCNCC2)ccc1N1C(=O)CCC1=O.Cl. The zero-order valence-electron chi connectivity index (χ0n) is 15.0. The molecular weight excluding hydrogens is 354 g/mol. The van der Waals surface area contributed by atoms with Gasteiger partial charge in [-0.3, -0.25) is 19.3 Å². The summed E-state index contributed by atoms with van der Waals surface area (Å²) in [4.78, 5) is 37.1. The zero-order valence-corrected chi connectivity index (χ0v) is 15.9. The van der Waals surface area contributed by atoms with Crippen LogP contribution < -0.4 is 15.5 Å². The number of rotatable bonds is 5. The van der Waals surface area contributed by atoms with Gasteiger partial charge >= 0.3 is 0 Å². The molecular formula is C19H26ClN3O3. The van der Waals surface area contributed by atoms with Gasteiger partial charge in [-0.05, 0) is 69.0 Å². The normalized spacial score (nSPS) is 18.0. The van der Waals surface area contributed by atoms with Gasteiger partial charge in [0, 0.05) is 24.9 Å². The van der Waals surface area contributed by atoms with Crippen molar-refractivity contribution >= 4 is 41.5 Å². The molecule has 2 saturated heterocycles. The van der Waals surface area contributed by atoms with Crippen molar-refractivity contribution in [1.29, 1.82) is 0 Å². The van der Waals surface area contributed by atoms with Crippen LogP contribution in [0.4, 0.5) is 11.4 Å². The van der Waals surface area contributed by atoms with Crippen molar-refractivity contribution in [2.24, 2.45) is 5.92 Å². The lowest BCUT2D eigenvalue weighted by Gasteiger charge is -2.22. The van der Waals surface area contributed by atoms with Crippen LogP contribution in [0.25, 0.3) is 0 Å². The van der Waals surface area contributed by atoms with E-state index in [1.807, 2.05) is 13.0 Å². The minimum absolute atomic E-state index is 0. The summed E-state index contributed by atoms with van der Waals surface area (Å²) in [6, 6.07) is 5.30. The van der Waals surface area contributed by atoms with E-state index in [0.29, 0.717) is 23.7 Å². The van der Waals surface area contributed by atoms with Crippen LogP contribution in [0.15, 0.2) is 18.2 Å². The lowest BCUT2D eigenvalue weighted by Crippen LogP contribution is -2.29. The van der Waals surface area contributed by atoms with Crippen molar-refractivity contribution in [2.45, 2.75) is 45.4 Å². The summed E-state index contributed by atoms with van der Waals surface area (Å²) in [6.07, 6.45) is 4.26. The fourth-order valence-corrected chi connectivity index (χ4v) is 3.56. The number of hydrogen-bond donors (Lipinski definition) is 2. The molecule has 0 radical (unpaired) electrons. The van der Waals surface area contributed by atoms with Crippen LogP contribution in [-0.2, 0) is 14.4 Å². The average molecular weight is 380 g/mol. The Kier molecular flexibility index (Phi) is 7.17. The summed E-state index contributed by atoms with van der Waals surface area (Å²) < 4.78 is 0. The predicted octanol–water partition coefficient (Wildman–Crippen LogP) is 2.79. The number of nitrogens with one attached hydrogen (secondary N) is 2. The maximum Gasteiger partial charge on any atom is 0.234 e. The van der Waals surface area contributed by atoms with Crippen molar-refractivity contribution in [3.8, 4) is 0 Å². The summed E-state index contributed by atoms with van der Waals surface area (Å²) in [5, 5.41) is 6.25. The van der Waals surface area contributed by atoms with Crippen LogP contribution in [-0.4, -0.2) is 30.8 Å². The van der Waals surface area contributed by atoms with Gasteiger partial charge in [-0.1, -0.05) is 0 Å². The molecule has 2 heterocycles. The lowest BCUT2D eigenvalue weighted by molar-refractivity contribution is -0.121. The molecule has 0 spiro atoms. The Morgan fingerprint density at radius 3 is 2.46 bits per heavy atom. The van der Waals surface area contributed by atoms with Gasteiger partial charge in [-0.15, -0.1) is 12.4 Å². The summed E-state index contributed by atoms with van der Waals surface area (Å²) >= 11 is 0. The second-order valence-corrected chi connectivity index (χ2v) is 6.90. The molecule has 0 saturated carbocycles. The molecule has 6 nitrogen and oxygen atoms in total. The Bertz CT molecular complexity index is 671. The third kappa shape index (κ3) is 4.83. The lowest BCUT2D eigenvalue weighted by atomic mass is 9.93. The van der Waals surface area contributed by atoms with E-state index in [2.05, 4.69) is 10.6 Å². The first-order chi connectivity index (χ1) is 12.0. The number of aryl methyl sites for hydroxylation is 1. The van der Waals surface area contributed by atoms with Gasteiger partial charge in [0.2, 0.25) is 17.7 Å². The zero-order chi connectivity index (χ0) is 17.8. The molecule has 1 aromatic carbocycles. The highest BCUT2D eigenvalue weighted by molar-refractivity contribution is 6.20. The molecule has 7 heteroatoms. The van der Waals surface area contributed by atoms with Gasteiger partial charge in [0.05, 0.1) is 5.69 Å². The fraction of sp³-hybridized carbons (Fsp3) is 0.526. The number of amides is 3. The summed E-state index contributed by atoms with van der Waals surface area (Å²) in [7, 11) is 0. The van der Waals surface area contributed by atoms with Crippen LogP contribution in [0.2, 0.25) is 0 Å². The molecule has 2 aliphatic rings. The third-order valence-corrected chi connectivity index (χ3v) is 5.01. The maximum absolute atomic E-state index is 12.2. The highest BCUT2D eigenvalue weighted by atomic mass is 35.5. The van der Waals surface area contributed by atoms with E-state index in [9.17, 15) is 14.4 Å². The molecule has 0 aliphatic carbocycles. The van der Waals surface area contributed by atoms with Gasteiger partial charge in [-0.25, -0.2) is 0 Å². The first kappa shape index (κ1) is 20.4. The minimum Gasteiger partial charge on any atom is -0.326 e. The quantitative estimate of drug-likeness (QED) is 0.771. The smallest absolute Gasteiger partial charge is 0.234 e. The molecule has 3 rings (SSSR count). The van der Waals surface area contributed by atoms with Gasteiger partial charge in [0.25, 0.3) is 0 Å². The van der Waals surface area contributed by atoms with Gasteiger partial charge < -0.3 is 10.6 Å². The van der Waals surface area contributed by atoms with Crippen LogP contribution in [0.3, 0.4) is 0 Å². The highest BCUT2D eigenvalue weighted by Crippen LogP contribution is 2.28. The van der Waals surface area contributed by atoms with Crippen molar-refractivity contribution < 1.29 is 14.4 Å². The Hall–Kier alpha value is -1.92. The van der Waals surface area contributed by atoms with E-state index in [1.165, 1.54) is 4.90 Å². The Balaban J connectivity index is 0.00000243. The molecule has 1 aromatic rings. The number of carbonyl (C=O) groups is 3. The Morgan fingerprint density at radius 1 is 1.19 bits per heavy atom. The highest BCUT2D eigenvalue weighted by Gasteiger charge is 2.31. The van der Waals surface area contributed by atoms with Crippen LogP contribution in [0, 0.1) is 12.8 Å². The number of nitrogens with zero attached hydrogens (tertiary/aromatic N) is 1. The molecule has 0 atom stereocenters. The van der Waals surface area contributed by atoms with Gasteiger partial charge in [-0.2, -0.15) is 0 Å². The first-order valence-electron chi connectivity index (χ1n) is 9.01. The molecule has 2 fully saturated rings. The minimum atomic E-state index is -0.160. The van der Waals surface area contributed by atoms with E-state index < -0.39 is 0 Å². The second-order valence-electron chi connectivity index (χ2n) is 6.90. The number of halogens is 1. The molecule has 0 bridgehead atoms. The van der Waals surface area contributed by atoms with E-state index in [0.717, 1.165) is 37.9 Å². The molecule has 0 unspecified atom stereocenters. The topological polar surface area (TPSA) is 78.5 Å². The standard InChI is InChI=1S/C19H25N3O3.ClH/c1-13-12-15(3-4-16(13)22-18(24)6-7-19(22)25)21-17(23)5-2-14-8-10-20-11-9-14;/h3-4,12,14,20H,2,5-11H2,1H3,(H,21,23);1H. The van der Waals surface area contributed by atoms with Crippen molar-refractivity contribution in [1.82, 2.24) is 5.32 Å². The summed E-state index contributed by atoms with van der Waals surface area (Å²) in [6.45, 7) is 3.93. The molecule has 26 heavy (non-hydrogen) atoms. The average Bonchev–Trinajstić information content (AvgIpc) is 2.93. The third-order valence-electron chi connectivity index (χ3n) is 5.01. The first-order valence-corrected chi connectivity index (χ1v) is 9.01. The molecule has 142 valence electrons. The van der Waals surface area contributed by atoms with Crippen LogP contribution in [0.1, 0.15) is 44.1 Å². The summed E-state index contributed by atoms with van der Waals surface area (Å²) in [5.41, 5.74) is 2.12. The largest absolute Gasteiger partial charge is 0.326 e. The number of piperidine rings is 1. The second kappa shape index (κ2) is 9.14. The predicted molar refractivity (Wildman–Crippen MR) is 104 cm³/mol. The van der Waals surface area contributed by atoms with E-state index in [1.54, 1.807) is 12.1 Å². The molecule has 0 aromatic heterocycles. The molecule has 3 amide bonds. The Labute approximate surface area is 160 Å². The number of imide groups is 1. The van der Waals surface area contributed by atoms with Crippen LogP contribution >= 0.6 is 12.4 Å². The van der Waals surface area contributed by atoms with Gasteiger partial charge in [0.1, 0.15) is 0 Å². The summed E-state index contributed by atoms with van der Waals surface area (Å²) in [5.74, 6) is 0.320.